The summed E-state index contributed by atoms with van der Waals surface area (Å²) in [6.45, 7) is 1.90. The standard InChI is InChI=1S/C29H32N6O3/c1-33(2)16-7-11-25(36)34-17-6-8-21(18-34)35-19-24(26-27(35)29(37)32-31-28(26)30)20-12-14-23(15-13-20)38-22-9-4-3-5-10-22/h3-5,7,9-15,19,21H,6,8,16-18H2,1-2H3,(H2,30,31)(H,32,37)/t21-/m1/s1. The number of hydrogen-bond acceptors (Lipinski definition) is 6. The van der Waals surface area contributed by atoms with Gasteiger partial charge in [-0.15, -0.1) is 0 Å². The van der Waals surface area contributed by atoms with Gasteiger partial charge in [0.1, 0.15) is 17.0 Å². The Hall–Kier alpha value is -4.37. The van der Waals surface area contributed by atoms with Gasteiger partial charge in [-0.2, -0.15) is 5.10 Å². The van der Waals surface area contributed by atoms with Crippen LogP contribution in [0.4, 0.5) is 5.82 Å². The van der Waals surface area contributed by atoms with E-state index in [9.17, 15) is 9.59 Å². The van der Waals surface area contributed by atoms with Crippen molar-refractivity contribution in [2.75, 3.05) is 39.5 Å². The van der Waals surface area contributed by atoms with Gasteiger partial charge in [0.2, 0.25) is 5.91 Å². The molecule has 2 aromatic heterocycles. The van der Waals surface area contributed by atoms with E-state index in [2.05, 4.69) is 10.2 Å². The van der Waals surface area contributed by atoms with Crippen molar-refractivity contribution in [3.05, 3.63) is 83.3 Å². The summed E-state index contributed by atoms with van der Waals surface area (Å²) >= 11 is 0. The van der Waals surface area contributed by atoms with Crippen LogP contribution in [0.25, 0.3) is 22.0 Å². The summed E-state index contributed by atoms with van der Waals surface area (Å²) in [5.74, 6) is 1.70. The van der Waals surface area contributed by atoms with E-state index >= 15 is 0 Å². The number of hydrogen-bond donors (Lipinski definition) is 2. The molecule has 3 heterocycles. The minimum atomic E-state index is -0.307. The van der Waals surface area contributed by atoms with Crippen molar-refractivity contribution >= 4 is 22.6 Å². The number of ether oxygens (including phenoxy) is 1. The van der Waals surface area contributed by atoms with Crippen LogP contribution in [0.5, 0.6) is 11.5 Å². The normalized spacial score (nSPS) is 16.0. The molecule has 0 unspecified atom stereocenters. The molecule has 5 rings (SSSR count). The zero-order valence-corrected chi connectivity index (χ0v) is 21.6. The molecule has 1 fully saturated rings. The van der Waals surface area contributed by atoms with Crippen LogP contribution >= 0.6 is 0 Å². The zero-order valence-electron chi connectivity index (χ0n) is 21.6. The maximum Gasteiger partial charge on any atom is 0.288 e. The number of likely N-dealkylation sites (tertiary alicyclic amines) is 1. The van der Waals surface area contributed by atoms with Crippen molar-refractivity contribution in [1.29, 1.82) is 0 Å². The number of H-pyrrole nitrogens is 1. The van der Waals surface area contributed by atoms with Crippen molar-refractivity contribution in [1.82, 2.24) is 24.6 Å². The molecular weight excluding hydrogens is 480 g/mol. The molecule has 9 nitrogen and oxygen atoms in total. The highest BCUT2D eigenvalue weighted by atomic mass is 16.5. The maximum atomic E-state index is 13.0. The number of rotatable bonds is 7. The lowest BCUT2D eigenvalue weighted by molar-refractivity contribution is -0.127. The molecule has 9 heteroatoms. The molecule has 0 saturated carbocycles. The van der Waals surface area contributed by atoms with Crippen LogP contribution < -0.4 is 16.0 Å². The van der Waals surface area contributed by atoms with Gasteiger partial charge in [0, 0.05) is 37.5 Å². The summed E-state index contributed by atoms with van der Waals surface area (Å²) in [5, 5.41) is 7.18. The van der Waals surface area contributed by atoms with E-state index in [0.717, 1.165) is 29.7 Å². The molecule has 4 aromatic rings. The quantitative estimate of drug-likeness (QED) is 0.362. The number of piperidine rings is 1. The lowest BCUT2D eigenvalue weighted by Crippen LogP contribution is -2.40. The van der Waals surface area contributed by atoms with Crippen LogP contribution in [0.1, 0.15) is 18.9 Å². The van der Waals surface area contributed by atoms with Gasteiger partial charge in [-0.1, -0.05) is 36.4 Å². The Labute approximate surface area is 221 Å². The van der Waals surface area contributed by atoms with Gasteiger partial charge >= 0.3 is 0 Å². The lowest BCUT2D eigenvalue weighted by atomic mass is 10.1. The monoisotopic (exact) mass is 512 g/mol. The topological polar surface area (TPSA) is 109 Å². The number of likely N-dealkylation sites (N-methyl/N-ethyl adjacent to an activating group) is 1. The number of anilines is 1. The molecule has 0 bridgehead atoms. The Morgan fingerprint density at radius 2 is 1.89 bits per heavy atom. The number of aromatic amines is 1. The van der Waals surface area contributed by atoms with Gasteiger partial charge in [-0.25, -0.2) is 5.10 Å². The summed E-state index contributed by atoms with van der Waals surface area (Å²) in [6, 6.07) is 17.2. The highest BCUT2D eigenvalue weighted by Gasteiger charge is 2.27. The molecule has 0 radical (unpaired) electrons. The third-order valence-corrected chi connectivity index (χ3v) is 6.76. The van der Waals surface area contributed by atoms with Gasteiger partial charge in [0.25, 0.3) is 5.56 Å². The molecular formula is C29H32N6O3. The first-order chi connectivity index (χ1) is 18.4. The number of benzene rings is 2. The van der Waals surface area contributed by atoms with Crippen molar-refractivity contribution in [2.24, 2.45) is 0 Å². The van der Waals surface area contributed by atoms with Crippen LogP contribution in [0, 0.1) is 0 Å². The largest absolute Gasteiger partial charge is 0.457 e. The Balaban J connectivity index is 1.46. The molecule has 0 aliphatic carbocycles. The lowest BCUT2D eigenvalue weighted by Gasteiger charge is -2.33. The summed E-state index contributed by atoms with van der Waals surface area (Å²) in [7, 11) is 3.92. The minimum absolute atomic E-state index is 0.0164. The summed E-state index contributed by atoms with van der Waals surface area (Å²) < 4.78 is 7.90. The summed E-state index contributed by atoms with van der Waals surface area (Å²) in [5.41, 5.74) is 8.17. The first kappa shape index (κ1) is 25.3. The van der Waals surface area contributed by atoms with Crippen LogP contribution in [0.3, 0.4) is 0 Å². The molecule has 1 atom stereocenters. The average Bonchev–Trinajstić information content (AvgIpc) is 3.34. The molecule has 2 aromatic carbocycles. The Bertz CT molecular complexity index is 1510. The minimum Gasteiger partial charge on any atom is -0.457 e. The fraction of sp³-hybridized carbons (Fsp3) is 0.276. The fourth-order valence-electron chi connectivity index (χ4n) is 4.92. The molecule has 196 valence electrons. The van der Waals surface area contributed by atoms with Crippen molar-refractivity contribution in [3.8, 4) is 22.6 Å². The molecule has 1 amide bonds. The Kier molecular flexibility index (Phi) is 7.28. The van der Waals surface area contributed by atoms with Crippen molar-refractivity contribution < 1.29 is 9.53 Å². The fourth-order valence-corrected chi connectivity index (χ4v) is 4.92. The van der Waals surface area contributed by atoms with E-state index in [1.807, 2.05) is 95.3 Å². The van der Waals surface area contributed by atoms with Crippen molar-refractivity contribution in [2.45, 2.75) is 18.9 Å². The second-order valence-corrected chi connectivity index (χ2v) is 9.80. The van der Waals surface area contributed by atoms with Gasteiger partial charge in [-0.05, 0) is 56.8 Å². The number of carbonyl (C=O) groups excluding carboxylic acids is 1. The van der Waals surface area contributed by atoms with Crippen LogP contribution in [-0.2, 0) is 4.79 Å². The predicted molar refractivity (Wildman–Crippen MR) is 149 cm³/mol. The van der Waals surface area contributed by atoms with Gasteiger partial charge < -0.3 is 24.8 Å². The van der Waals surface area contributed by atoms with Crippen LogP contribution in [-0.4, -0.2) is 64.2 Å². The number of nitrogens with two attached hydrogens (primary N) is 1. The average molecular weight is 513 g/mol. The smallest absolute Gasteiger partial charge is 0.288 e. The second-order valence-electron chi connectivity index (χ2n) is 9.80. The van der Waals surface area contributed by atoms with Crippen LogP contribution in [0.2, 0.25) is 0 Å². The highest BCUT2D eigenvalue weighted by molar-refractivity contribution is 6.02. The van der Waals surface area contributed by atoms with E-state index < -0.39 is 0 Å². The first-order valence-corrected chi connectivity index (χ1v) is 12.7. The first-order valence-electron chi connectivity index (χ1n) is 12.7. The number of aromatic nitrogens is 3. The molecule has 1 saturated heterocycles. The predicted octanol–water partition coefficient (Wildman–Crippen LogP) is 4.05. The molecule has 38 heavy (non-hydrogen) atoms. The van der Waals surface area contributed by atoms with E-state index in [1.54, 1.807) is 6.08 Å². The number of fused-ring (bicyclic) bond motifs is 1. The Morgan fingerprint density at radius 1 is 1.16 bits per heavy atom. The van der Waals surface area contributed by atoms with Gasteiger partial charge in [0.15, 0.2) is 5.82 Å². The highest BCUT2D eigenvalue weighted by Crippen LogP contribution is 2.36. The molecule has 1 aliphatic rings. The number of nitrogens with zero attached hydrogens (tertiary/aromatic N) is 4. The SMILES string of the molecule is CN(C)CC=CC(=O)N1CCC[C@@H](n2cc(-c3ccc(Oc4ccccc4)cc3)c3c(N)n[nH]c(=O)c32)C1. The zero-order chi connectivity index (χ0) is 26.6. The summed E-state index contributed by atoms with van der Waals surface area (Å²) in [4.78, 5) is 29.7. The van der Waals surface area contributed by atoms with E-state index in [1.165, 1.54) is 0 Å². The molecule has 0 spiro atoms. The second kappa shape index (κ2) is 10.9. The van der Waals surface area contributed by atoms with E-state index in [0.29, 0.717) is 36.3 Å². The number of nitrogen functional groups attached to an aromatic ring is 1. The van der Waals surface area contributed by atoms with Crippen LogP contribution in [0.15, 0.2) is 77.7 Å². The molecule has 3 N–H and O–H groups in total. The molecule has 1 aliphatic heterocycles. The number of nitrogens with one attached hydrogen (secondary N) is 1. The Morgan fingerprint density at radius 3 is 2.63 bits per heavy atom. The number of amides is 1. The third kappa shape index (κ3) is 5.33. The number of para-hydroxylation sites is 1. The van der Waals surface area contributed by atoms with Gasteiger partial charge in [0.05, 0.1) is 11.4 Å². The summed E-state index contributed by atoms with van der Waals surface area (Å²) in [6.07, 6.45) is 7.16. The van der Waals surface area contributed by atoms with E-state index in [-0.39, 0.29) is 23.3 Å². The van der Waals surface area contributed by atoms with E-state index in [4.69, 9.17) is 10.5 Å². The number of carbonyl (C=O) groups is 1. The van der Waals surface area contributed by atoms with Gasteiger partial charge in [-0.3, -0.25) is 9.59 Å². The third-order valence-electron chi connectivity index (χ3n) is 6.76. The van der Waals surface area contributed by atoms with Crippen molar-refractivity contribution in [3.63, 3.8) is 0 Å². The maximum absolute atomic E-state index is 13.0.